The second kappa shape index (κ2) is 3.69. The van der Waals surface area contributed by atoms with Gasteiger partial charge >= 0.3 is 5.97 Å². The Labute approximate surface area is 90.3 Å². The highest BCUT2D eigenvalue weighted by molar-refractivity contribution is 5.93. The number of carbonyl (C=O) groups excluding carboxylic acids is 1. The molecule has 0 fully saturated rings. The van der Waals surface area contributed by atoms with Gasteiger partial charge in [-0.1, -0.05) is 6.07 Å². The lowest BCUT2D eigenvalue weighted by Crippen LogP contribution is -2.08. The van der Waals surface area contributed by atoms with Crippen molar-refractivity contribution in [2.45, 2.75) is 33.1 Å². The number of aryl methyl sites for hydroxylation is 2. The zero-order valence-electron chi connectivity index (χ0n) is 9.52. The van der Waals surface area contributed by atoms with E-state index in [-0.39, 0.29) is 5.97 Å². The molecule has 0 bridgehead atoms. The van der Waals surface area contributed by atoms with Crippen LogP contribution in [-0.2, 0) is 17.6 Å². The lowest BCUT2D eigenvalue weighted by Gasteiger charge is -2.12. The van der Waals surface area contributed by atoms with Gasteiger partial charge in [0, 0.05) is 0 Å². The van der Waals surface area contributed by atoms with Crippen molar-refractivity contribution < 1.29 is 9.53 Å². The van der Waals surface area contributed by atoms with E-state index in [1.807, 2.05) is 13.8 Å². The van der Waals surface area contributed by atoms with Gasteiger partial charge in [-0.15, -0.1) is 0 Å². The Kier molecular flexibility index (Phi) is 2.51. The third-order valence-corrected chi connectivity index (χ3v) is 3.26. The second-order valence-corrected chi connectivity index (χ2v) is 4.18. The Hall–Kier alpha value is -1.31. The highest BCUT2D eigenvalue weighted by Crippen LogP contribution is 2.30. The van der Waals surface area contributed by atoms with Crippen LogP contribution in [-0.4, -0.2) is 13.1 Å². The van der Waals surface area contributed by atoms with Gasteiger partial charge in [0.1, 0.15) is 0 Å². The van der Waals surface area contributed by atoms with Crippen molar-refractivity contribution in [1.29, 1.82) is 0 Å². The van der Waals surface area contributed by atoms with Crippen LogP contribution in [0.2, 0.25) is 0 Å². The SMILES string of the molecule is COC(=O)c1c(C)cc2c(c1C)CCC2. The van der Waals surface area contributed by atoms with Crippen LogP contribution in [0.3, 0.4) is 0 Å². The maximum absolute atomic E-state index is 11.6. The van der Waals surface area contributed by atoms with Gasteiger partial charge in [0.05, 0.1) is 12.7 Å². The molecule has 1 aliphatic carbocycles. The molecule has 0 radical (unpaired) electrons. The fourth-order valence-electron chi connectivity index (χ4n) is 2.55. The monoisotopic (exact) mass is 204 g/mol. The Morgan fingerprint density at radius 3 is 2.73 bits per heavy atom. The molecule has 1 aliphatic rings. The molecule has 0 aliphatic heterocycles. The Bertz CT molecular complexity index is 419. The number of fused-ring (bicyclic) bond motifs is 1. The number of rotatable bonds is 1. The van der Waals surface area contributed by atoms with Crippen molar-refractivity contribution in [2.75, 3.05) is 7.11 Å². The van der Waals surface area contributed by atoms with E-state index >= 15 is 0 Å². The van der Waals surface area contributed by atoms with Crippen LogP contribution >= 0.6 is 0 Å². The molecule has 15 heavy (non-hydrogen) atoms. The first-order valence-electron chi connectivity index (χ1n) is 5.35. The van der Waals surface area contributed by atoms with Crippen molar-refractivity contribution in [3.8, 4) is 0 Å². The molecular formula is C13H16O2. The molecular weight excluding hydrogens is 188 g/mol. The third-order valence-electron chi connectivity index (χ3n) is 3.26. The predicted molar refractivity (Wildman–Crippen MR) is 59.3 cm³/mol. The van der Waals surface area contributed by atoms with E-state index in [0.717, 1.165) is 29.5 Å². The van der Waals surface area contributed by atoms with E-state index in [0.29, 0.717) is 0 Å². The highest BCUT2D eigenvalue weighted by atomic mass is 16.5. The Morgan fingerprint density at radius 2 is 2.07 bits per heavy atom. The summed E-state index contributed by atoms with van der Waals surface area (Å²) in [4.78, 5) is 11.6. The van der Waals surface area contributed by atoms with E-state index in [2.05, 4.69) is 6.07 Å². The molecule has 0 atom stereocenters. The van der Waals surface area contributed by atoms with Crippen molar-refractivity contribution in [3.63, 3.8) is 0 Å². The first-order valence-corrected chi connectivity index (χ1v) is 5.35. The van der Waals surface area contributed by atoms with Crippen LogP contribution in [0, 0.1) is 13.8 Å². The molecule has 0 N–H and O–H groups in total. The van der Waals surface area contributed by atoms with Gasteiger partial charge in [-0.25, -0.2) is 4.79 Å². The van der Waals surface area contributed by atoms with E-state index in [1.165, 1.54) is 24.7 Å². The number of hydrogen-bond donors (Lipinski definition) is 0. The van der Waals surface area contributed by atoms with Crippen LogP contribution in [0.15, 0.2) is 6.07 Å². The number of carbonyl (C=O) groups is 1. The van der Waals surface area contributed by atoms with Crippen LogP contribution < -0.4 is 0 Å². The smallest absolute Gasteiger partial charge is 0.338 e. The van der Waals surface area contributed by atoms with Crippen LogP contribution in [0.25, 0.3) is 0 Å². The van der Waals surface area contributed by atoms with Gasteiger partial charge in [-0.2, -0.15) is 0 Å². The van der Waals surface area contributed by atoms with Crippen molar-refractivity contribution in [2.24, 2.45) is 0 Å². The number of ether oxygens (including phenoxy) is 1. The summed E-state index contributed by atoms with van der Waals surface area (Å²) in [6, 6.07) is 2.14. The highest BCUT2D eigenvalue weighted by Gasteiger charge is 2.21. The average molecular weight is 204 g/mol. The lowest BCUT2D eigenvalue weighted by molar-refractivity contribution is 0.0599. The van der Waals surface area contributed by atoms with Crippen LogP contribution in [0.5, 0.6) is 0 Å². The number of esters is 1. The molecule has 0 saturated carbocycles. The van der Waals surface area contributed by atoms with Crippen LogP contribution in [0.1, 0.15) is 39.0 Å². The zero-order chi connectivity index (χ0) is 11.0. The van der Waals surface area contributed by atoms with Gasteiger partial charge < -0.3 is 4.74 Å². The molecule has 1 aromatic rings. The lowest BCUT2D eigenvalue weighted by atomic mass is 9.94. The Balaban J connectivity index is 2.61. The van der Waals surface area contributed by atoms with Crippen molar-refractivity contribution in [3.05, 3.63) is 33.9 Å². The maximum Gasteiger partial charge on any atom is 0.338 e. The summed E-state index contributed by atoms with van der Waals surface area (Å²) >= 11 is 0. The summed E-state index contributed by atoms with van der Waals surface area (Å²) in [5.74, 6) is -0.209. The number of methoxy groups -OCH3 is 1. The molecule has 1 aromatic carbocycles. The summed E-state index contributed by atoms with van der Waals surface area (Å²) in [6.07, 6.45) is 3.46. The average Bonchev–Trinajstić information content (AvgIpc) is 2.65. The Morgan fingerprint density at radius 1 is 1.33 bits per heavy atom. The van der Waals surface area contributed by atoms with E-state index in [4.69, 9.17) is 4.74 Å². The summed E-state index contributed by atoms with van der Waals surface area (Å²) < 4.78 is 4.82. The van der Waals surface area contributed by atoms with Crippen molar-refractivity contribution in [1.82, 2.24) is 0 Å². The number of hydrogen-bond acceptors (Lipinski definition) is 2. The summed E-state index contributed by atoms with van der Waals surface area (Å²) in [5, 5.41) is 0. The molecule has 80 valence electrons. The largest absolute Gasteiger partial charge is 0.465 e. The molecule has 2 rings (SSSR count). The van der Waals surface area contributed by atoms with Gasteiger partial charge in [-0.3, -0.25) is 0 Å². The van der Waals surface area contributed by atoms with Gasteiger partial charge in [-0.05, 0) is 55.4 Å². The molecule has 2 heteroatoms. The van der Waals surface area contributed by atoms with E-state index < -0.39 is 0 Å². The van der Waals surface area contributed by atoms with Gasteiger partial charge in [0.25, 0.3) is 0 Å². The fourth-order valence-corrected chi connectivity index (χ4v) is 2.55. The zero-order valence-corrected chi connectivity index (χ0v) is 9.52. The minimum atomic E-state index is -0.209. The fraction of sp³-hybridized carbons (Fsp3) is 0.462. The molecule has 0 saturated heterocycles. The van der Waals surface area contributed by atoms with Gasteiger partial charge in [0.2, 0.25) is 0 Å². The molecule has 0 aromatic heterocycles. The summed E-state index contributed by atoms with van der Waals surface area (Å²) in [7, 11) is 1.44. The molecule has 0 unspecified atom stereocenters. The first-order chi connectivity index (χ1) is 7.15. The van der Waals surface area contributed by atoms with Crippen molar-refractivity contribution >= 4 is 5.97 Å². The van der Waals surface area contributed by atoms with E-state index in [1.54, 1.807) is 0 Å². The quantitative estimate of drug-likeness (QED) is 0.657. The van der Waals surface area contributed by atoms with Crippen LogP contribution in [0.4, 0.5) is 0 Å². The molecule has 2 nitrogen and oxygen atoms in total. The molecule has 0 spiro atoms. The van der Waals surface area contributed by atoms with Gasteiger partial charge in [0.15, 0.2) is 0 Å². The summed E-state index contributed by atoms with van der Waals surface area (Å²) in [6.45, 7) is 4.02. The summed E-state index contributed by atoms with van der Waals surface area (Å²) in [5.41, 5.74) is 5.70. The topological polar surface area (TPSA) is 26.3 Å². The van der Waals surface area contributed by atoms with E-state index in [9.17, 15) is 4.79 Å². The normalized spacial score (nSPS) is 13.8. The second-order valence-electron chi connectivity index (χ2n) is 4.18. The minimum absolute atomic E-state index is 0.209. The predicted octanol–water partition coefficient (Wildman–Crippen LogP) is 2.58. The standard InChI is InChI=1S/C13H16O2/c1-8-7-10-5-4-6-11(10)9(2)12(8)13(14)15-3/h7H,4-6H2,1-3H3. The molecule has 0 heterocycles. The third kappa shape index (κ3) is 1.54. The first kappa shape index (κ1) is 10.2. The maximum atomic E-state index is 11.6. The minimum Gasteiger partial charge on any atom is -0.465 e. The molecule has 0 amide bonds. The number of benzene rings is 1.